The Labute approximate surface area is 129 Å². The zero-order chi connectivity index (χ0) is 16.4. The normalized spacial score (nSPS) is 11.3. The maximum Gasteiger partial charge on any atom is 0.408 e. The molecule has 1 atom stereocenters. The fraction of sp³-hybridized carbons (Fsp3) is 0.357. The van der Waals surface area contributed by atoms with Crippen molar-refractivity contribution in [3.05, 3.63) is 35.9 Å². The van der Waals surface area contributed by atoms with E-state index in [4.69, 9.17) is 17.7 Å². The van der Waals surface area contributed by atoms with Gasteiger partial charge in [0.15, 0.2) is 13.7 Å². The predicted octanol–water partition coefficient (Wildman–Crippen LogP) is 1.02. The Bertz CT molecular complexity index is 509. The first-order chi connectivity index (χ1) is 10.5. The lowest BCUT2D eigenvalue weighted by Gasteiger charge is -2.14. The van der Waals surface area contributed by atoms with Crippen LogP contribution in [0.3, 0.4) is 0 Å². The minimum atomic E-state index is -1.17. The molecule has 0 aliphatic carbocycles. The lowest BCUT2D eigenvalue weighted by molar-refractivity contribution is -0.139. The number of nitrogens with one attached hydrogen (secondary N) is 2. The zero-order valence-electron chi connectivity index (χ0n) is 12.0. The van der Waals surface area contributed by atoms with Gasteiger partial charge in [0.25, 0.3) is 0 Å². The number of carboxylic acids is 1. The Hall–Kier alpha value is -2.51. The Balaban J connectivity index is 2.34. The zero-order valence-corrected chi connectivity index (χ0v) is 12.0. The van der Waals surface area contributed by atoms with Crippen LogP contribution in [0, 0.1) is 0 Å². The molecule has 2 radical (unpaired) electrons. The third kappa shape index (κ3) is 7.32. The Morgan fingerprint density at radius 3 is 2.50 bits per heavy atom. The van der Waals surface area contributed by atoms with Gasteiger partial charge < -0.3 is 20.5 Å². The number of benzene rings is 1. The van der Waals surface area contributed by atoms with E-state index in [9.17, 15) is 14.4 Å². The van der Waals surface area contributed by atoms with Crippen LogP contribution in [0.2, 0.25) is 0 Å². The van der Waals surface area contributed by atoms with E-state index in [2.05, 4.69) is 10.6 Å². The van der Waals surface area contributed by atoms with E-state index >= 15 is 0 Å². The SMILES string of the molecule is [B]C(=O)NCCC[C@H](NC(=O)OCc1ccccc1)C(=O)O. The number of amides is 2. The summed E-state index contributed by atoms with van der Waals surface area (Å²) in [6, 6.07) is 7.95. The molecule has 0 aliphatic heterocycles. The van der Waals surface area contributed by atoms with Crippen LogP contribution < -0.4 is 10.6 Å². The lowest BCUT2D eigenvalue weighted by Crippen LogP contribution is -2.41. The second kappa shape index (κ2) is 9.43. The highest BCUT2D eigenvalue weighted by molar-refractivity contribution is 6.57. The van der Waals surface area contributed by atoms with Crippen LogP contribution in [-0.4, -0.2) is 43.4 Å². The van der Waals surface area contributed by atoms with Crippen molar-refractivity contribution < 1.29 is 24.2 Å². The van der Waals surface area contributed by atoms with Crippen LogP contribution in [0.4, 0.5) is 9.59 Å². The molecule has 0 spiro atoms. The quantitative estimate of drug-likeness (QED) is 0.491. The molecule has 2 amide bonds. The summed E-state index contributed by atoms with van der Waals surface area (Å²) in [5.41, 5.74) is 0.801. The van der Waals surface area contributed by atoms with Gasteiger partial charge in [-0.15, -0.1) is 0 Å². The maximum atomic E-state index is 11.6. The highest BCUT2D eigenvalue weighted by Gasteiger charge is 2.20. The average Bonchev–Trinajstić information content (AvgIpc) is 2.48. The van der Waals surface area contributed by atoms with Gasteiger partial charge in [0.2, 0.25) is 0 Å². The van der Waals surface area contributed by atoms with Crippen LogP contribution in [0.5, 0.6) is 0 Å². The van der Waals surface area contributed by atoms with Crippen LogP contribution in [0.15, 0.2) is 30.3 Å². The molecule has 1 aromatic carbocycles. The van der Waals surface area contributed by atoms with Crippen LogP contribution in [0.1, 0.15) is 18.4 Å². The number of alkyl carbamates (subject to hydrolysis) is 1. The van der Waals surface area contributed by atoms with E-state index in [1.807, 2.05) is 18.2 Å². The third-order valence-electron chi connectivity index (χ3n) is 2.77. The summed E-state index contributed by atoms with van der Waals surface area (Å²) < 4.78 is 4.95. The van der Waals surface area contributed by atoms with Crippen molar-refractivity contribution in [2.45, 2.75) is 25.5 Å². The molecule has 0 aromatic heterocycles. The largest absolute Gasteiger partial charge is 0.480 e. The van der Waals surface area contributed by atoms with Gasteiger partial charge in [0, 0.05) is 6.54 Å². The van der Waals surface area contributed by atoms with Crippen LogP contribution >= 0.6 is 0 Å². The number of ether oxygens (including phenoxy) is 1. The van der Waals surface area contributed by atoms with Gasteiger partial charge in [-0.05, 0) is 18.4 Å². The van der Waals surface area contributed by atoms with Crippen molar-refractivity contribution in [3.8, 4) is 0 Å². The van der Waals surface area contributed by atoms with E-state index in [-0.39, 0.29) is 19.6 Å². The van der Waals surface area contributed by atoms with E-state index in [1.165, 1.54) is 0 Å². The molecular weight excluding hydrogens is 287 g/mol. The summed E-state index contributed by atoms with van der Waals surface area (Å²) in [4.78, 5) is 33.1. The molecule has 116 valence electrons. The van der Waals surface area contributed by atoms with Crippen molar-refractivity contribution in [2.75, 3.05) is 6.54 Å². The number of carboxylic acid groups (broad SMARTS) is 1. The highest BCUT2D eigenvalue weighted by Crippen LogP contribution is 2.02. The average molecular weight is 304 g/mol. The third-order valence-corrected chi connectivity index (χ3v) is 2.77. The van der Waals surface area contributed by atoms with Crippen LogP contribution in [0.25, 0.3) is 0 Å². The monoisotopic (exact) mass is 304 g/mol. The molecule has 3 N–H and O–H groups in total. The van der Waals surface area contributed by atoms with Crippen molar-refractivity contribution in [3.63, 3.8) is 0 Å². The van der Waals surface area contributed by atoms with Crippen LogP contribution in [-0.2, 0) is 16.1 Å². The molecule has 0 aliphatic rings. The van der Waals surface area contributed by atoms with E-state index in [0.29, 0.717) is 6.42 Å². The molecule has 0 saturated carbocycles. The highest BCUT2D eigenvalue weighted by atomic mass is 16.5. The van der Waals surface area contributed by atoms with Crippen molar-refractivity contribution >= 4 is 25.7 Å². The number of carbonyl (C=O) groups is 3. The van der Waals surface area contributed by atoms with Crippen molar-refractivity contribution in [1.82, 2.24) is 10.6 Å². The van der Waals surface area contributed by atoms with E-state index < -0.39 is 23.9 Å². The molecule has 0 fully saturated rings. The molecule has 1 aromatic rings. The van der Waals surface area contributed by atoms with Gasteiger partial charge in [-0.3, -0.25) is 4.79 Å². The molecule has 0 heterocycles. The number of hydrogen-bond acceptors (Lipinski definition) is 4. The molecule has 7 nitrogen and oxygen atoms in total. The van der Waals surface area contributed by atoms with Gasteiger partial charge >= 0.3 is 12.1 Å². The van der Waals surface area contributed by atoms with Crippen molar-refractivity contribution in [1.29, 1.82) is 0 Å². The van der Waals surface area contributed by atoms with Gasteiger partial charge in [-0.1, -0.05) is 30.3 Å². The molecule has 0 saturated heterocycles. The maximum absolute atomic E-state index is 11.6. The second-order valence-corrected chi connectivity index (χ2v) is 4.53. The van der Waals surface area contributed by atoms with Gasteiger partial charge in [-0.2, -0.15) is 0 Å². The summed E-state index contributed by atoms with van der Waals surface area (Å²) >= 11 is 0. The first-order valence-electron chi connectivity index (χ1n) is 6.72. The number of carbonyl (C=O) groups excluding carboxylic acids is 2. The minimum absolute atomic E-state index is 0.0578. The van der Waals surface area contributed by atoms with Crippen molar-refractivity contribution in [2.24, 2.45) is 0 Å². The van der Waals surface area contributed by atoms with Gasteiger partial charge in [0.1, 0.15) is 12.6 Å². The Morgan fingerprint density at radius 2 is 1.91 bits per heavy atom. The summed E-state index contributed by atoms with van der Waals surface area (Å²) in [6.45, 7) is 0.294. The molecule has 22 heavy (non-hydrogen) atoms. The van der Waals surface area contributed by atoms with Gasteiger partial charge in [-0.25, -0.2) is 9.59 Å². The van der Waals surface area contributed by atoms with E-state index in [0.717, 1.165) is 5.56 Å². The fourth-order valence-electron chi connectivity index (χ4n) is 1.68. The Morgan fingerprint density at radius 1 is 1.23 bits per heavy atom. The summed E-state index contributed by atoms with van der Waals surface area (Å²) in [5.74, 6) is -1.85. The second-order valence-electron chi connectivity index (χ2n) is 4.53. The Kier molecular flexibility index (Phi) is 7.52. The lowest BCUT2D eigenvalue weighted by atomic mass is 10.1. The molecular formula is C14H17BN2O5. The first-order valence-corrected chi connectivity index (χ1v) is 6.72. The molecule has 1 rings (SSSR count). The first kappa shape index (κ1) is 17.5. The number of hydrogen-bond donors (Lipinski definition) is 3. The fourth-order valence-corrected chi connectivity index (χ4v) is 1.68. The molecule has 8 heteroatoms. The van der Waals surface area contributed by atoms with Gasteiger partial charge in [0.05, 0.1) is 0 Å². The number of rotatable bonds is 8. The van der Waals surface area contributed by atoms with E-state index in [1.54, 1.807) is 12.1 Å². The molecule has 0 unspecified atom stereocenters. The predicted molar refractivity (Wildman–Crippen MR) is 79.6 cm³/mol. The smallest absolute Gasteiger partial charge is 0.408 e. The topological polar surface area (TPSA) is 105 Å². The minimum Gasteiger partial charge on any atom is -0.480 e. The summed E-state index contributed by atoms with van der Waals surface area (Å²) in [7, 11) is 4.89. The summed E-state index contributed by atoms with van der Waals surface area (Å²) in [5, 5.41) is 13.6. The standard InChI is InChI=1S/C14H17BN2O5/c15-13(20)16-8-4-7-11(12(18)19)17-14(21)22-9-10-5-2-1-3-6-10/h1-3,5-6,11H,4,7-9H2,(H,16,20)(H,17,21)(H,18,19)/t11-/m0/s1. The summed E-state index contributed by atoms with van der Waals surface area (Å²) in [6.07, 6.45) is -0.298. The number of aliphatic carboxylic acids is 1. The molecule has 0 bridgehead atoms.